The maximum atomic E-state index is 12.1. The Kier molecular flexibility index (Phi) is 3.08. The van der Waals surface area contributed by atoms with Crippen LogP contribution in [-0.2, 0) is 11.2 Å². The summed E-state index contributed by atoms with van der Waals surface area (Å²) in [5.41, 5.74) is 4.65. The topological polar surface area (TPSA) is 29.1 Å². The molecule has 0 aliphatic carbocycles. The molecule has 0 bridgehead atoms. The molecule has 0 saturated heterocycles. The fraction of sp³-hybridized carbons (Fsp3) is 0.235. The van der Waals surface area contributed by atoms with Gasteiger partial charge in [0.1, 0.15) is 5.78 Å². The third-order valence-electron chi connectivity index (χ3n) is 3.73. The summed E-state index contributed by atoms with van der Waals surface area (Å²) in [6, 6.07) is 16.3. The number of benzene rings is 2. The lowest BCUT2D eigenvalue weighted by Crippen LogP contribution is -2.12. The Hall–Kier alpha value is -2.09. The van der Waals surface area contributed by atoms with Crippen LogP contribution in [0.4, 0.5) is 5.69 Å². The van der Waals surface area contributed by atoms with Crippen molar-refractivity contribution in [3.8, 4) is 0 Å². The van der Waals surface area contributed by atoms with Crippen molar-refractivity contribution in [3.05, 3.63) is 65.2 Å². The molecule has 19 heavy (non-hydrogen) atoms. The molecule has 0 saturated carbocycles. The van der Waals surface area contributed by atoms with Crippen LogP contribution in [0.3, 0.4) is 0 Å². The van der Waals surface area contributed by atoms with Gasteiger partial charge in [-0.05, 0) is 30.0 Å². The largest absolute Gasteiger partial charge is 0.384 e. The van der Waals surface area contributed by atoms with Crippen LogP contribution >= 0.6 is 0 Å². The smallest absolute Gasteiger partial charge is 0.141 e. The lowest BCUT2D eigenvalue weighted by molar-refractivity contribution is -0.117. The average Bonchev–Trinajstić information content (AvgIpc) is 2.89. The van der Waals surface area contributed by atoms with E-state index in [1.165, 1.54) is 5.56 Å². The molecule has 1 N–H and O–H groups in total. The van der Waals surface area contributed by atoms with Crippen molar-refractivity contribution < 1.29 is 4.79 Å². The molecule has 0 aromatic heterocycles. The molecule has 0 radical (unpaired) electrons. The molecule has 2 aromatic carbocycles. The molecular weight excluding hydrogens is 234 g/mol. The van der Waals surface area contributed by atoms with Gasteiger partial charge in [-0.1, -0.05) is 48.5 Å². The number of fused-ring (bicyclic) bond motifs is 1. The quantitative estimate of drug-likeness (QED) is 0.906. The number of carbonyl (C=O) groups is 1. The lowest BCUT2D eigenvalue weighted by atomic mass is 9.86. The van der Waals surface area contributed by atoms with Gasteiger partial charge < -0.3 is 5.32 Å². The van der Waals surface area contributed by atoms with E-state index in [4.69, 9.17) is 0 Å². The molecule has 2 aromatic rings. The number of carbonyl (C=O) groups excluding carboxylic acids is 1. The van der Waals surface area contributed by atoms with E-state index in [2.05, 4.69) is 23.5 Å². The van der Waals surface area contributed by atoms with Crippen LogP contribution in [-0.4, -0.2) is 12.3 Å². The van der Waals surface area contributed by atoms with E-state index in [1.807, 2.05) is 30.3 Å². The highest BCUT2D eigenvalue weighted by atomic mass is 16.1. The number of rotatable bonds is 3. The predicted molar refractivity (Wildman–Crippen MR) is 77.6 cm³/mol. The molecule has 2 nitrogen and oxygen atoms in total. The minimum Gasteiger partial charge on any atom is -0.384 e. The minimum atomic E-state index is -0.165. The number of para-hydroxylation sites is 1. The van der Waals surface area contributed by atoms with Crippen LogP contribution in [0.15, 0.2) is 48.5 Å². The van der Waals surface area contributed by atoms with Gasteiger partial charge >= 0.3 is 0 Å². The molecule has 0 spiro atoms. The first kappa shape index (κ1) is 12.0. The van der Waals surface area contributed by atoms with E-state index in [0.717, 1.165) is 29.8 Å². The van der Waals surface area contributed by atoms with Gasteiger partial charge in [0, 0.05) is 12.2 Å². The fourth-order valence-corrected chi connectivity index (χ4v) is 2.89. The molecule has 1 aliphatic rings. The van der Waals surface area contributed by atoms with E-state index in [1.54, 1.807) is 6.92 Å². The predicted octanol–water partition coefficient (Wildman–Crippen LogP) is 3.38. The molecule has 96 valence electrons. The van der Waals surface area contributed by atoms with Gasteiger partial charge in [-0.15, -0.1) is 0 Å². The lowest BCUT2D eigenvalue weighted by Gasteiger charge is -2.18. The maximum Gasteiger partial charge on any atom is 0.141 e. The summed E-state index contributed by atoms with van der Waals surface area (Å²) in [5, 5.41) is 3.42. The second-order valence-corrected chi connectivity index (χ2v) is 5.01. The summed E-state index contributed by atoms with van der Waals surface area (Å²) in [4.78, 5) is 12.1. The van der Waals surface area contributed by atoms with Crippen molar-refractivity contribution >= 4 is 11.5 Å². The third-order valence-corrected chi connectivity index (χ3v) is 3.73. The zero-order chi connectivity index (χ0) is 13.2. The number of Topliss-reactive ketones (excluding diaryl/α,β-unsaturated/α-hetero) is 1. The average molecular weight is 251 g/mol. The van der Waals surface area contributed by atoms with Crippen LogP contribution in [0.2, 0.25) is 0 Å². The highest BCUT2D eigenvalue weighted by molar-refractivity contribution is 5.89. The second kappa shape index (κ2) is 4.88. The monoisotopic (exact) mass is 251 g/mol. The first-order chi connectivity index (χ1) is 9.27. The SMILES string of the molecule is CC(=O)[C@H](c1ccccc1)c1cccc2c1NCC2. The van der Waals surface area contributed by atoms with Gasteiger partial charge in [-0.2, -0.15) is 0 Å². The fourth-order valence-electron chi connectivity index (χ4n) is 2.89. The first-order valence-electron chi connectivity index (χ1n) is 6.68. The normalized spacial score (nSPS) is 14.6. The number of anilines is 1. The number of hydrogen-bond acceptors (Lipinski definition) is 2. The van der Waals surface area contributed by atoms with Crippen molar-refractivity contribution in [1.82, 2.24) is 0 Å². The van der Waals surface area contributed by atoms with E-state index in [0.29, 0.717) is 0 Å². The van der Waals surface area contributed by atoms with Crippen molar-refractivity contribution in [2.45, 2.75) is 19.3 Å². The van der Waals surface area contributed by atoms with Gasteiger partial charge in [0.15, 0.2) is 0 Å². The molecule has 0 unspecified atom stereocenters. The maximum absolute atomic E-state index is 12.1. The Morgan fingerprint density at radius 2 is 1.89 bits per heavy atom. The van der Waals surface area contributed by atoms with Crippen LogP contribution in [0, 0.1) is 0 Å². The number of ketones is 1. The van der Waals surface area contributed by atoms with Crippen LogP contribution < -0.4 is 5.32 Å². The summed E-state index contributed by atoms with van der Waals surface area (Å²) < 4.78 is 0. The molecule has 3 rings (SSSR count). The molecule has 1 heterocycles. The van der Waals surface area contributed by atoms with Crippen molar-refractivity contribution in [2.75, 3.05) is 11.9 Å². The highest BCUT2D eigenvalue weighted by Gasteiger charge is 2.24. The summed E-state index contributed by atoms with van der Waals surface area (Å²) in [6.07, 6.45) is 1.04. The molecule has 0 fully saturated rings. The van der Waals surface area contributed by atoms with E-state index in [-0.39, 0.29) is 11.7 Å². The number of hydrogen-bond donors (Lipinski definition) is 1. The Labute approximate surface area is 113 Å². The van der Waals surface area contributed by atoms with E-state index < -0.39 is 0 Å². The van der Waals surface area contributed by atoms with Gasteiger partial charge in [-0.25, -0.2) is 0 Å². The molecule has 1 atom stereocenters. The number of nitrogens with one attached hydrogen (secondary N) is 1. The van der Waals surface area contributed by atoms with Crippen molar-refractivity contribution in [1.29, 1.82) is 0 Å². The molecular formula is C17H17NO. The Balaban J connectivity index is 2.12. The second-order valence-electron chi connectivity index (χ2n) is 5.01. The first-order valence-corrected chi connectivity index (χ1v) is 6.68. The molecule has 2 heteroatoms. The third kappa shape index (κ3) is 2.14. The van der Waals surface area contributed by atoms with Gasteiger partial charge in [-0.3, -0.25) is 4.79 Å². The zero-order valence-corrected chi connectivity index (χ0v) is 11.0. The summed E-state index contributed by atoms with van der Waals surface area (Å²) in [7, 11) is 0. The van der Waals surface area contributed by atoms with Crippen LogP contribution in [0.5, 0.6) is 0 Å². The van der Waals surface area contributed by atoms with Crippen molar-refractivity contribution in [3.63, 3.8) is 0 Å². The highest BCUT2D eigenvalue weighted by Crippen LogP contribution is 2.35. The van der Waals surface area contributed by atoms with Gasteiger partial charge in [0.05, 0.1) is 5.92 Å². The molecule has 1 aliphatic heterocycles. The van der Waals surface area contributed by atoms with E-state index >= 15 is 0 Å². The summed E-state index contributed by atoms with van der Waals surface area (Å²) >= 11 is 0. The van der Waals surface area contributed by atoms with Crippen LogP contribution in [0.25, 0.3) is 0 Å². The standard InChI is InChI=1S/C17H17NO/c1-12(19)16(13-6-3-2-4-7-13)15-9-5-8-14-10-11-18-17(14)15/h2-9,16,18H,10-11H2,1H3/t16-/m1/s1. The van der Waals surface area contributed by atoms with Crippen LogP contribution in [0.1, 0.15) is 29.5 Å². The summed E-state index contributed by atoms with van der Waals surface area (Å²) in [5.74, 6) is 0.0232. The molecule has 0 amide bonds. The minimum absolute atomic E-state index is 0.165. The van der Waals surface area contributed by atoms with E-state index in [9.17, 15) is 4.79 Å². The Morgan fingerprint density at radius 3 is 2.63 bits per heavy atom. The Bertz CT molecular complexity index is 604. The Morgan fingerprint density at radius 1 is 1.11 bits per heavy atom. The van der Waals surface area contributed by atoms with Crippen molar-refractivity contribution in [2.24, 2.45) is 0 Å². The summed E-state index contributed by atoms with van der Waals surface area (Å²) in [6.45, 7) is 2.64. The van der Waals surface area contributed by atoms with Gasteiger partial charge in [0.25, 0.3) is 0 Å². The zero-order valence-electron chi connectivity index (χ0n) is 11.0. The van der Waals surface area contributed by atoms with Gasteiger partial charge in [0.2, 0.25) is 0 Å².